The Bertz CT molecular complexity index is 1020. The van der Waals surface area contributed by atoms with Gasteiger partial charge >= 0.3 is 5.97 Å². The van der Waals surface area contributed by atoms with Gasteiger partial charge in [0.25, 0.3) is 11.7 Å². The van der Waals surface area contributed by atoms with Crippen LogP contribution in [0, 0.1) is 5.92 Å². The van der Waals surface area contributed by atoms with E-state index in [0.29, 0.717) is 22.6 Å². The summed E-state index contributed by atoms with van der Waals surface area (Å²) >= 11 is 0. The van der Waals surface area contributed by atoms with E-state index in [1.165, 1.54) is 12.0 Å². The van der Waals surface area contributed by atoms with Crippen LogP contribution < -0.4 is 9.64 Å². The zero-order valence-corrected chi connectivity index (χ0v) is 17.9. The van der Waals surface area contributed by atoms with Crippen molar-refractivity contribution in [3.05, 3.63) is 65.2 Å². The Balaban J connectivity index is 2.03. The van der Waals surface area contributed by atoms with Crippen LogP contribution in [0.15, 0.2) is 54.1 Å². The smallest absolute Gasteiger partial charge is 0.338 e. The van der Waals surface area contributed by atoms with Crippen molar-refractivity contribution in [3.63, 3.8) is 0 Å². The molecule has 31 heavy (non-hydrogen) atoms. The Kier molecular flexibility index (Phi) is 6.44. The molecule has 7 nitrogen and oxygen atoms in total. The number of rotatable bonds is 6. The largest absolute Gasteiger partial charge is 0.507 e. The average molecular weight is 423 g/mol. The molecule has 162 valence electrons. The summed E-state index contributed by atoms with van der Waals surface area (Å²) in [6, 6.07) is 12.2. The molecule has 7 heteroatoms. The molecule has 1 atom stereocenters. The number of carbonyl (C=O) groups excluding carboxylic acids is 3. The van der Waals surface area contributed by atoms with E-state index in [1.807, 2.05) is 13.8 Å². The highest BCUT2D eigenvalue weighted by atomic mass is 16.5. The lowest BCUT2D eigenvalue weighted by molar-refractivity contribution is -0.132. The first-order valence-electron chi connectivity index (χ1n) is 10.0. The van der Waals surface area contributed by atoms with Gasteiger partial charge in [-0.3, -0.25) is 14.5 Å². The summed E-state index contributed by atoms with van der Waals surface area (Å²) in [5, 5.41) is 10.9. The van der Waals surface area contributed by atoms with E-state index >= 15 is 0 Å². The monoisotopic (exact) mass is 423 g/mol. The van der Waals surface area contributed by atoms with Gasteiger partial charge in [-0.25, -0.2) is 4.79 Å². The molecule has 1 aliphatic heterocycles. The molecule has 1 heterocycles. The maximum Gasteiger partial charge on any atom is 0.338 e. The fourth-order valence-electron chi connectivity index (χ4n) is 3.65. The third-order valence-corrected chi connectivity index (χ3v) is 5.14. The van der Waals surface area contributed by atoms with Gasteiger partial charge in [0.1, 0.15) is 11.5 Å². The second-order valence-corrected chi connectivity index (χ2v) is 7.45. The molecule has 0 radical (unpaired) electrons. The third-order valence-electron chi connectivity index (χ3n) is 5.14. The number of ether oxygens (including phenoxy) is 2. The second-order valence-electron chi connectivity index (χ2n) is 7.45. The molecular weight excluding hydrogens is 398 g/mol. The molecule has 1 aliphatic rings. The number of methoxy groups -OCH3 is 1. The zero-order chi connectivity index (χ0) is 22.7. The van der Waals surface area contributed by atoms with Gasteiger partial charge in [-0.1, -0.05) is 13.8 Å². The molecule has 1 unspecified atom stereocenters. The van der Waals surface area contributed by atoms with E-state index in [4.69, 9.17) is 9.47 Å². The average Bonchev–Trinajstić information content (AvgIpc) is 3.04. The van der Waals surface area contributed by atoms with E-state index in [9.17, 15) is 19.5 Å². The quantitative estimate of drug-likeness (QED) is 0.329. The van der Waals surface area contributed by atoms with Crippen LogP contribution in [0.3, 0.4) is 0 Å². The topological polar surface area (TPSA) is 93.1 Å². The number of esters is 1. The second kappa shape index (κ2) is 9.04. The highest BCUT2D eigenvalue weighted by Gasteiger charge is 2.47. The van der Waals surface area contributed by atoms with Crippen LogP contribution in [-0.4, -0.2) is 42.5 Å². The minimum absolute atomic E-state index is 0.0552. The first-order chi connectivity index (χ1) is 14.8. The lowest BCUT2D eigenvalue weighted by Crippen LogP contribution is -2.37. The minimum atomic E-state index is -0.749. The van der Waals surface area contributed by atoms with Gasteiger partial charge in [0, 0.05) is 11.3 Å². The molecule has 1 amide bonds. The van der Waals surface area contributed by atoms with E-state index in [2.05, 4.69) is 0 Å². The summed E-state index contributed by atoms with van der Waals surface area (Å²) in [5.41, 5.74) is 1.28. The number of amides is 1. The number of hydrogen-bond acceptors (Lipinski definition) is 6. The highest BCUT2D eigenvalue weighted by Crippen LogP contribution is 2.36. The highest BCUT2D eigenvalue weighted by molar-refractivity contribution is 6.51. The van der Waals surface area contributed by atoms with E-state index in [0.717, 1.165) is 0 Å². The van der Waals surface area contributed by atoms with E-state index < -0.39 is 23.7 Å². The molecule has 1 saturated heterocycles. The van der Waals surface area contributed by atoms with Crippen molar-refractivity contribution in [2.75, 3.05) is 18.6 Å². The first-order valence-corrected chi connectivity index (χ1v) is 10.0. The van der Waals surface area contributed by atoms with Gasteiger partial charge in [0.15, 0.2) is 0 Å². The van der Waals surface area contributed by atoms with Crippen molar-refractivity contribution < 1.29 is 29.0 Å². The number of benzene rings is 2. The Morgan fingerprint density at radius 1 is 1.03 bits per heavy atom. The first kappa shape index (κ1) is 22.1. The van der Waals surface area contributed by atoms with Gasteiger partial charge in [-0.2, -0.15) is 0 Å². The maximum atomic E-state index is 12.9. The summed E-state index contributed by atoms with van der Waals surface area (Å²) in [6.07, 6.45) is 0. The van der Waals surface area contributed by atoms with E-state index in [1.54, 1.807) is 55.5 Å². The van der Waals surface area contributed by atoms with Crippen molar-refractivity contribution >= 4 is 29.1 Å². The number of anilines is 1. The molecule has 0 bridgehead atoms. The summed E-state index contributed by atoms with van der Waals surface area (Å²) < 4.78 is 10.1. The van der Waals surface area contributed by atoms with Crippen molar-refractivity contribution in [3.8, 4) is 5.75 Å². The number of Topliss-reactive ketones (excluding diaryl/α,β-unsaturated/α-hetero) is 1. The molecule has 1 fully saturated rings. The predicted molar refractivity (Wildman–Crippen MR) is 116 cm³/mol. The molecule has 2 aromatic rings. The molecule has 0 aliphatic carbocycles. The normalized spacial score (nSPS) is 17.8. The van der Waals surface area contributed by atoms with Gasteiger partial charge in [-0.15, -0.1) is 0 Å². The van der Waals surface area contributed by atoms with Crippen LogP contribution >= 0.6 is 0 Å². The predicted octanol–water partition coefficient (Wildman–Crippen LogP) is 3.78. The number of aliphatic hydroxyl groups is 1. The molecule has 1 N–H and O–H groups in total. The van der Waals surface area contributed by atoms with Gasteiger partial charge < -0.3 is 14.6 Å². The number of nitrogens with zero attached hydrogens (tertiary/aromatic N) is 1. The van der Waals surface area contributed by atoms with E-state index in [-0.39, 0.29) is 23.9 Å². The fraction of sp³-hybridized carbons (Fsp3) is 0.292. The number of ketones is 1. The number of aliphatic hydroxyl groups excluding tert-OH is 1. The molecule has 0 saturated carbocycles. The Labute approximate surface area is 180 Å². The van der Waals surface area contributed by atoms with Crippen molar-refractivity contribution in [1.82, 2.24) is 0 Å². The van der Waals surface area contributed by atoms with Crippen LogP contribution in [-0.2, 0) is 14.3 Å². The molecule has 2 aromatic carbocycles. The number of carbonyl (C=O) groups is 3. The lowest BCUT2D eigenvalue weighted by atomic mass is 9.93. The summed E-state index contributed by atoms with van der Waals surface area (Å²) in [4.78, 5) is 39.1. The Hall–Kier alpha value is -3.61. The molecule has 0 aromatic heterocycles. The van der Waals surface area contributed by atoms with Crippen molar-refractivity contribution in [1.29, 1.82) is 0 Å². The Morgan fingerprint density at radius 2 is 1.61 bits per heavy atom. The SMILES string of the molecule is CCOC(=O)c1ccc(N2C(=O)C(=O)C(=C(O)c3ccc(OC)cc3)C2C(C)C)cc1. The summed E-state index contributed by atoms with van der Waals surface area (Å²) in [6.45, 7) is 5.72. The minimum Gasteiger partial charge on any atom is -0.507 e. The molecular formula is C24H25NO6. The van der Waals surface area contributed by atoms with Crippen molar-refractivity contribution in [2.45, 2.75) is 26.8 Å². The summed E-state index contributed by atoms with van der Waals surface area (Å²) in [7, 11) is 1.53. The molecule has 3 rings (SSSR count). The molecule has 0 spiro atoms. The van der Waals surface area contributed by atoms with Crippen LogP contribution in [0.1, 0.15) is 36.7 Å². The van der Waals surface area contributed by atoms with Gasteiger partial charge in [0.2, 0.25) is 0 Å². The van der Waals surface area contributed by atoms with Crippen LogP contribution in [0.2, 0.25) is 0 Å². The van der Waals surface area contributed by atoms with Crippen LogP contribution in [0.5, 0.6) is 5.75 Å². The lowest BCUT2D eigenvalue weighted by Gasteiger charge is -2.28. The summed E-state index contributed by atoms with van der Waals surface area (Å²) in [5.74, 6) is -1.71. The zero-order valence-electron chi connectivity index (χ0n) is 17.9. The van der Waals surface area contributed by atoms with Crippen LogP contribution in [0.4, 0.5) is 5.69 Å². The third kappa shape index (κ3) is 4.17. The van der Waals surface area contributed by atoms with Crippen molar-refractivity contribution in [2.24, 2.45) is 5.92 Å². The van der Waals surface area contributed by atoms with Crippen LogP contribution in [0.25, 0.3) is 5.76 Å². The number of hydrogen-bond donors (Lipinski definition) is 1. The van der Waals surface area contributed by atoms with Gasteiger partial charge in [0.05, 0.1) is 30.9 Å². The fourth-order valence-corrected chi connectivity index (χ4v) is 3.65. The van der Waals surface area contributed by atoms with Gasteiger partial charge in [-0.05, 0) is 61.4 Å². The maximum absolute atomic E-state index is 12.9. The Morgan fingerprint density at radius 3 is 2.13 bits per heavy atom. The standard InChI is InChI=1S/C24H25NO6/c1-5-31-24(29)16-6-10-17(11-7-16)25-20(14(2)3)19(22(27)23(25)28)21(26)15-8-12-18(30-4)13-9-15/h6-14,20,26H,5H2,1-4H3.